The Kier molecular flexibility index (Phi) is 5.02. The normalized spacial score (nSPS) is 22.9. The van der Waals surface area contributed by atoms with Crippen LogP contribution in [0.1, 0.15) is 30.7 Å². The number of anilines is 1. The van der Waals surface area contributed by atoms with Crippen molar-refractivity contribution in [2.75, 3.05) is 18.8 Å². The van der Waals surface area contributed by atoms with Crippen molar-refractivity contribution in [2.24, 2.45) is 0 Å². The minimum Gasteiger partial charge on any atom is -0.367 e. The van der Waals surface area contributed by atoms with E-state index in [-0.39, 0.29) is 35.6 Å². The summed E-state index contributed by atoms with van der Waals surface area (Å²) in [7, 11) is -3.38. The van der Waals surface area contributed by atoms with Crippen LogP contribution in [0.25, 0.3) is 0 Å². The Morgan fingerprint density at radius 2 is 1.96 bits per heavy atom. The molecule has 1 aliphatic heterocycles. The summed E-state index contributed by atoms with van der Waals surface area (Å²) in [5, 5.41) is 10.4. The van der Waals surface area contributed by atoms with Gasteiger partial charge in [0.15, 0.2) is 0 Å². The molecule has 1 saturated carbocycles. The molecule has 1 aromatic heterocycles. The number of hydrogen-bond acceptors (Lipinski definition) is 7. The number of hydrogen-bond donors (Lipinski definition) is 2. The van der Waals surface area contributed by atoms with E-state index in [0.29, 0.717) is 32.4 Å². The van der Waals surface area contributed by atoms with Crippen molar-refractivity contribution in [3.8, 4) is 0 Å². The first-order valence-corrected chi connectivity index (χ1v) is 10.8. The molecule has 0 radical (unpaired) electrons. The molecule has 0 unspecified atom stereocenters. The summed E-state index contributed by atoms with van der Waals surface area (Å²) in [5.74, 6) is -0.114. The van der Waals surface area contributed by atoms with Crippen LogP contribution in [-0.2, 0) is 21.4 Å². The summed E-state index contributed by atoms with van der Waals surface area (Å²) in [5.41, 5.74) is 6.70. The van der Waals surface area contributed by atoms with Gasteiger partial charge in [-0.2, -0.15) is 0 Å². The fraction of sp³-hybridized carbons (Fsp3) is 0.529. The van der Waals surface area contributed by atoms with Crippen molar-refractivity contribution in [2.45, 2.75) is 43.0 Å². The zero-order chi connectivity index (χ0) is 19.7. The van der Waals surface area contributed by atoms with Crippen LogP contribution >= 0.6 is 0 Å². The van der Waals surface area contributed by atoms with E-state index in [0.717, 1.165) is 5.56 Å². The Morgan fingerprint density at radius 3 is 2.61 bits per heavy atom. The Hall–Kier alpha value is -2.53. The van der Waals surface area contributed by atoms with Crippen LogP contribution in [0.15, 0.2) is 30.3 Å². The minimum atomic E-state index is -3.38. The third kappa shape index (κ3) is 3.99. The highest BCUT2D eigenvalue weighted by atomic mass is 32.2. The third-order valence-electron chi connectivity index (χ3n) is 5.32. The van der Waals surface area contributed by atoms with Crippen LogP contribution in [0.2, 0.25) is 0 Å². The first kappa shape index (κ1) is 18.8. The topological polar surface area (TPSA) is 136 Å². The van der Waals surface area contributed by atoms with Gasteiger partial charge in [0.2, 0.25) is 21.9 Å². The maximum absolute atomic E-state index is 12.7. The predicted molar refractivity (Wildman–Crippen MR) is 101 cm³/mol. The van der Waals surface area contributed by atoms with E-state index < -0.39 is 10.0 Å². The van der Waals surface area contributed by atoms with E-state index in [1.165, 1.54) is 4.68 Å². The molecule has 3 N–H and O–H groups in total. The molecule has 0 bridgehead atoms. The molecular weight excluding hydrogens is 382 g/mol. The first-order chi connectivity index (χ1) is 13.4. The van der Waals surface area contributed by atoms with Crippen LogP contribution in [0.3, 0.4) is 0 Å². The standard InChI is InChI=1S/C17H23N7O3S/c18-17-19-21-22-24(17)11-16(25)23-9-8-14(12-4-2-1-3-5-12)15(10-23)20-28(26,27)13-6-7-13/h1-5,13-15,20H,6-11H2,(H2,18,19,22)/t14-,15-/m0/s1. The van der Waals surface area contributed by atoms with E-state index in [2.05, 4.69) is 20.2 Å². The first-order valence-electron chi connectivity index (χ1n) is 9.29. The van der Waals surface area contributed by atoms with Crippen molar-refractivity contribution < 1.29 is 13.2 Å². The third-order valence-corrected chi connectivity index (χ3v) is 7.30. The number of nitrogens with two attached hydrogens (primary N) is 1. The molecule has 11 heteroatoms. The predicted octanol–water partition coefficient (Wildman–Crippen LogP) is -0.278. The lowest BCUT2D eigenvalue weighted by molar-refractivity contribution is -0.133. The number of nitrogens with one attached hydrogen (secondary N) is 1. The fourth-order valence-electron chi connectivity index (χ4n) is 3.64. The van der Waals surface area contributed by atoms with E-state index in [9.17, 15) is 13.2 Å². The second-order valence-corrected chi connectivity index (χ2v) is 9.30. The summed E-state index contributed by atoms with van der Waals surface area (Å²) >= 11 is 0. The van der Waals surface area contributed by atoms with Gasteiger partial charge in [0.05, 0.1) is 5.25 Å². The number of carbonyl (C=O) groups excluding carboxylic acids is 1. The van der Waals surface area contributed by atoms with Gasteiger partial charge < -0.3 is 10.6 Å². The second kappa shape index (κ2) is 7.47. The number of amides is 1. The number of rotatable bonds is 6. The number of carbonyl (C=O) groups is 1. The van der Waals surface area contributed by atoms with Gasteiger partial charge in [-0.05, 0) is 35.3 Å². The lowest BCUT2D eigenvalue weighted by Crippen LogP contribution is -2.54. The van der Waals surface area contributed by atoms with E-state index >= 15 is 0 Å². The summed E-state index contributed by atoms with van der Waals surface area (Å²) in [6.45, 7) is 0.755. The Bertz CT molecular complexity index is 943. The van der Waals surface area contributed by atoms with Crippen LogP contribution in [0.5, 0.6) is 0 Å². The number of benzene rings is 1. The van der Waals surface area contributed by atoms with Crippen LogP contribution in [0, 0.1) is 0 Å². The summed E-state index contributed by atoms with van der Waals surface area (Å²) in [4.78, 5) is 14.3. The molecule has 2 fully saturated rings. The van der Waals surface area contributed by atoms with Gasteiger partial charge in [-0.15, -0.1) is 0 Å². The molecule has 1 amide bonds. The molecule has 1 saturated heterocycles. The van der Waals surface area contributed by atoms with Crippen molar-refractivity contribution in [3.63, 3.8) is 0 Å². The van der Waals surface area contributed by atoms with E-state index in [1.54, 1.807) is 4.90 Å². The SMILES string of the molecule is Nc1nnnn1CC(=O)N1CC[C@@H](c2ccccc2)[C@@H](NS(=O)(=O)C2CC2)C1. The van der Waals surface area contributed by atoms with Gasteiger partial charge in [-0.1, -0.05) is 35.4 Å². The number of likely N-dealkylation sites (tertiary alicyclic amines) is 1. The van der Waals surface area contributed by atoms with E-state index in [1.807, 2.05) is 30.3 Å². The summed E-state index contributed by atoms with van der Waals surface area (Å²) < 4.78 is 29.2. The number of nitrogens with zero attached hydrogens (tertiary/aromatic N) is 5. The van der Waals surface area contributed by atoms with Gasteiger partial charge in [-0.25, -0.2) is 17.8 Å². The average Bonchev–Trinajstić information content (AvgIpc) is 3.47. The molecule has 0 spiro atoms. The minimum absolute atomic E-state index is 0.0110. The Morgan fingerprint density at radius 1 is 1.21 bits per heavy atom. The maximum atomic E-state index is 12.7. The van der Waals surface area contributed by atoms with Crippen LogP contribution in [-0.4, -0.2) is 63.8 Å². The van der Waals surface area contributed by atoms with Crippen LogP contribution in [0.4, 0.5) is 5.95 Å². The number of piperidine rings is 1. The molecular formula is C17H23N7O3S. The summed E-state index contributed by atoms with van der Waals surface area (Å²) in [6.07, 6.45) is 2.05. The lowest BCUT2D eigenvalue weighted by Gasteiger charge is -2.39. The highest BCUT2D eigenvalue weighted by Gasteiger charge is 2.41. The molecule has 2 aliphatic rings. The number of aromatic nitrogens is 4. The number of tetrazole rings is 1. The molecule has 2 atom stereocenters. The van der Waals surface area contributed by atoms with Gasteiger partial charge in [0, 0.05) is 25.0 Å². The maximum Gasteiger partial charge on any atom is 0.244 e. The summed E-state index contributed by atoms with van der Waals surface area (Å²) in [6, 6.07) is 9.45. The number of nitrogen functional groups attached to an aromatic ring is 1. The lowest BCUT2D eigenvalue weighted by atomic mass is 9.86. The van der Waals surface area contributed by atoms with Crippen molar-refractivity contribution in [1.82, 2.24) is 29.8 Å². The zero-order valence-corrected chi connectivity index (χ0v) is 16.1. The fourth-order valence-corrected chi connectivity index (χ4v) is 5.24. The quantitative estimate of drug-likeness (QED) is 0.674. The molecule has 1 aliphatic carbocycles. The molecule has 150 valence electrons. The van der Waals surface area contributed by atoms with E-state index in [4.69, 9.17) is 5.73 Å². The number of sulfonamides is 1. The monoisotopic (exact) mass is 405 g/mol. The van der Waals surface area contributed by atoms with Gasteiger partial charge >= 0.3 is 0 Å². The Labute approximate surface area is 163 Å². The largest absolute Gasteiger partial charge is 0.367 e. The molecule has 1 aromatic carbocycles. The zero-order valence-electron chi connectivity index (χ0n) is 15.3. The average molecular weight is 405 g/mol. The molecule has 2 heterocycles. The van der Waals surface area contributed by atoms with Crippen molar-refractivity contribution in [1.29, 1.82) is 0 Å². The van der Waals surface area contributed by atoms with Gasteiger partial charge in [0.25, 0.3) is 0 Å². The molecule has 2 aromatic rings. The smallest absolute Gasteiger partial charge is 0.244 e. The van der Waals surface area contributed by atoms with Gasteiger partial charge in [0.1, 0.15) is 6.54 Å². The van der Waals surface area contributed by atoms with Gasteiger partial charge in [-0.3, -0.25) is 4.79 Å². The highest BCUT2D eigenvalue weighted by Crippen LogP contribution is 2.32. The Balaban J connectivity index is 1.52. The van der Waals surface area contributed by atoms with Crippen LogP contribution < -0.4 is 10.5 Å². The van der Waals surface area contributed by atoms with Crippen molar-refractivity contribution >= 4 is 21.9 Å². The molecule has 28 heavy (non-hydrogen) atoms. The second-order valence-electron chi connectivity index (χ2n) is 7.31. The highest BCUT2D eigenvalue weighted by molar-refractivity contribution is 7.90. The molecule has 10 nitrogen and oxygen atoms in total. The molecule has 4 rings (SSSR count). The van der Waals surface area contributed by atoms with Crippen molar-refractivity contribution in [3.05, 3.63) is 35.9 Å².